The number of likely N-dealkylation sites (tertiary alicyclic amines) is 2. The molecule has 0 aromatic carbocycles. The molecule has 2 heterocycles. The van der Waals surface area contributed by atoms with Crippen LogP contribution in [-0.2, 0) is 9.59 Å². The lowest BCUT2D eigenvalue weighted by Gasteiger charge is -2.34. The Hall–Kier alpha value is -1.10. The van der Waals surface area contributed by atoms with Crippen LogP contribution in [0.2, 0.25) is 0 Å². The number of hydrogen-bond acceptors (Lipinski definition) is 3. The number of rotatable bonds is 3. The zero-order valence-corrected chi connectivity index (χ0v) is 12.8. The van der Waals surface area contributed by atoms with Gasteiger partial charge in [-0.2, -0.15) is 0 Å². The Bertz CT molecular complexity index is 420. The zero-order chi connectivity index (χ0) is 15.0. The summed E-state index contributed by atoms with van der Waals surface area (Å²) in [5.41, 5.74) is 0. The van der Waals surface area contributed by atoms with Gasteiger partial charge >= 0.3 is 0 Å². The summed E-state index contributed by atoms with van der Waals surface area (Å²) in [6, 6.07) is 0. The van der Waals surface area contributed by atoms with Gasteiger partial charge in [0.2, 0.25) is 11.8 Å². The Balaban J connectivity index is 1.56. The van der Waals surface area contributed by atoms with Gasteiger partial charge in [0.05, 0.1) is 12.0 Å². The summed E-state index contributed by atoms with van der Waals surface area (Å²) in [4.78, 5) is 28.6. The first-order valence-electron chi connectivity index (χ1n) is 8.32. The second-order valence-corrected chi connectivity index (χ2v) is 6.97. The van der Waals surface area contributed by atoms with Crippen molar-refractivity contribution in [2.45, 2.75) is 45.1 Å². The first-order chi connectivity index (χ1) is 10.1. The fourth-order valence-corrected chi connectivity index (χ4v) is 3.61. The standard InChI is InChI=1S/C16H26N2O3/c1-11(19)13-6-8-18(9-13)16(21)14-3-2-7-17(10-14)15(20)12-4-5-12/h11-14,19H,2-10H2,1H3. The lowest BCUT2D eigenvalue weighted by Crippen LogP contribution is -2.46. The highest BCUT2D eigenvalue weighted by atomic mass is 16.3. The Morgan fingerprint density at radius 1 is 0.952 bits per heavy atom. The zero-order valence-electron chi connectivity index (χ0n) is 12.8. The molecule has 0 spiro atoms. The summed E-state index contributed by atoms with van der Waals surface area (Å²) in [5, 5.41) is 9.65. The van der Waals surface area contributed by atoms with E-state index in [2.05, 4.69) is 0 Å². The molecule has 2 aliphatic heterocycles. The SMILES string of the molecule is CC(O)C1CCN(C(=O)C2CCCN(C(=O)C3CC3)C2)C1. The number of hydrogen-bond donors (Lipinski definition) is 1. The number of aliphatic hydroxyl groups excluding tert-OH is 1. The smallest absolute Gasteiger partial charge is 0.227 e. The molecule has 3 unspecified atom stereocenters. The minimum Gasteiger partial charge on any atom is -0.393 e. The average Bonchev–Trinajstić information content (AvgIpc) is 3.22. The molecule has 0 aromatic heterocycles. The number of amides is 2. The maximum absolute atomic E-state index is 12.6. The van der Waals surface area contributed by atoms with E-state index in [1.165, 1.54) is 0 Å². The van der Waals surface area contributed by atoms with Crippen LogP contribution in [0.15, 0.2) is 0 Å². The predicted molar refractivity (Wildman–Crippen MR) is 78.4 cm³/mol. The minimum absolute atomic E-state index is 0.0331. The molecule has 1 saturated carbocycles. The molecule has 0 radical (unpaired) electrons. The fourth-order valence-electron chi connectivity index (χ4n) is 3.61. The molecule has 3 fully saturated rings. The molecule has 21 heavy (non-hydrogen) atoms. The van der Waals surface area contributed by atoms with E-state index >= 15 is 0 Å². The van der Waals surface area contributed by atoms with Crippen molar-refractivity contribution in [3.8, 4) is 0 Å². The first kappa shape index (κ1) is 14.8. The molecule has 0 aromatic rings. The highest BCUT2D eigenvalue weighted by molar-refractivity contribution is 5.83. The third-order valence-corrected chi connectivity index (χ3v) is 5.23. The highest BCUT2D eigenvalue weighted by Crippen LogP contribution is 2.33. The van der Waals surface area contributed by atoms with Gasteiger partial charge in [0.15, 0.2) is 0 Å². The van der Waals surface area contributed by atoms with Gasteiger partial charge in [0.25, 0.3) is 0 Å². The van der Waals surface area contributed by atoms with Crippen LogP contribution >= 0.6 is 0 Å². The molecule has 118 valence electrons. The van der Waals surface area contributed by atoms with E-state index in [0.29, 0.717) is 13.1 Å². The molecule has 3 aliphatic rings. The van der Waals surface area contributed by atoms with Crippen molar-refractivity contribution >= 4 is 11.8 Å². The predicted octanol–water partition coefficient (Wildman–Crippen LogP) is 0.864. The quantitative estimate of drug-likeness (QED) is 0.840. The van der Waals surface area contributed by atoms with Gasteiger partial charge in [-0.1, -0.05) is 0 Å². The second kappa shape index (κ2) is 5.95. The van der Waals surface area contributed by atoms with Gasteiger partial charge in [-0.15, -0.1) is 0 Å². The van der Waals surface area contributed by atoms with Crippen molar-refractivity contribution in [3.63, 3.8) is 0 Å². The van der Waals surface area contributed by atoms with Crippen LogP contribution in [0.5, 0.6) is 0 Å². The summed E-state index contributed by atoms with van der Waals surface area (Å²) >= 11 is 0. The van der Waals surface area contributed by atoms with Crippen molar-refractivity contribution < 1.29 is 14.7 Å². The molecule has 5 heteroatoms. The Labute approximate surface area is 126 Å². The number of carbonyl (C=O) groups excluding carboxylic acids is 2. The van der Waals surface area contributed by atoms with Crippen molar-refractivity contribution in [1.29, 1.82) is 0 Å². The van der Waals surface area contributed by atoms with Gasteiger partial charge in [-0.3, -0.25) is 9.59 Å². The van der Waals surface area contributed by atoms with Crippen molar-refractivity contribution in [2.24, 2.45) is 17.8 Å². The van der Waals surface area contributed by atoms with Gasteiger partial charge < -0.3 is 14.9 Å². The number of carbonyl (C=O) groups is 2. The third kappa shape index (κ3) is 3.23. The Morgan fingerprint density at radius 2 is 1.62 bits per heavy atom. The van der Waals surface area contributed by atoms with Crippen LogP contribution in [0.3, 0.4) is 0 Å². The maximum Gasteiger partial charge on any atom is 0.227 e. The summed E-state index contributed by atoms with van der Waals surface area (Å²) in [6.45, 7) is 4.64. The van der Waals surface area contributed by atoms with E-state index < -0.39 is 0 Å². The summed E-state index contributed by atoms with van der Waals surface area (Å²) in [7, 11) is 0. The van der Waals surface area contributed by atoms with Gasteiger partial charge in [-0.05, 0) is 39.0 Å². The third-order valence-electron chi connectivity index (χ3n) is 5.23. The van der Waals surface area contributed by atoms with Crippen LogP contribution in [0, 0.1) is 17.8 Å². The maximum atomic E-state index is 12.6. The normalized spacial score (nSPS) is 31.3. The first-order valence-corrected chi connectivity index (χ1v) is 8.32. The molecular formula is C16H26N2O3. The number of piperidine rings is 1. The lowest BCUT2D eigenvalue weighted by atomic mass is 9.96. The topological polar surface area (TPSA) is 60.9 Å². The minimum atomic E-state index is -0.345. The number of nitrogens with zero attached hydrogens (tertiary/aromatic N) is 2. The van der Waals surface area contributed by atoms with E-state index in [-0.39, 0.29) is 35.7 Å². The van der Waals surface area contributed by atoms with E-state index in [0.717, 1.165) is 45.2 Å². The van der Waals surface area contributed by atoms with Crippen LogP contribution in [0.25, 0.3) is 0 Å². The molecule has 5 nitrogen and oxygen atoms in total. The Morgan fingerprint density at radius 3 is 2.24 bits per heavy atom. The van der Waals surface area contributed by atoms with Crippen LogP contribution in [0.1, 0.15) is 39.0 Å². The largest absolute Gasteiger partial charge is 0.393 e. The molecule has 2 saturated heterocycles. The number of aliphatic hydroxyl groups is 1. The average molecular weight is 294 g/mol. The summed E-state index contributed by atoms with van der Waals surface area (Å²) in [6.07, 6.45) is 4.42. The van der Waals surface area contributed by atoms with Gasteiger partial charge in [0.1, 0.15) is 0 Å². The van der Waals surface area contributed by atoms with E-state index in [1.807, 2.05) is 9.80 Å². The second-order valence-electron chi connectivity index (χ2n) is 6.97. The molecular weight excluding hydrogens is 268 g/mol. The van der Waals surface area contributed by atoms with Crippen LogP contribution in [-0.4, -0.2) is 59.0 Å². The lowest BCUT2D eigenvalue weighted by molar-refractivity contribution is -0.140. The van der Waals surface area contributed by atoms with E-state index in [1.54, 1.807) is 6.92 Å². The van der Waals surface area contributed by atoms with Crippen LogP contribution < -0.4 is 0 Å². The molecule has 2 amide bonds. The highest BCUT2D eigenvalue weighted by Gasteiger charge is 2.39. The molecule has 1 aliphatic carbocycles. The van der Waals surface area contributed by atoms with Crippen molar-refractivity contribution in [3.05, 3.63) is 0 Å². The van der Waals surface area contributed by atoms with Gasteiger partial charge in [-0.25, -0.2) is 0 Å². The molecule has 3 rings (SSSR count). The van der Waals surface area contributed by atoms with E-state index in [9.17, 15) is 14.7 Å². The molecule has 3 atom stereocenters. The fraction of sp³-hybridized carbons (Fsp3) is 0.875. The molecule has 1 N–H and O–H groups in total. The van der Waals surface area contributed by atoms with E-state index in [4.69, 9.17) is 0 Å². The monoisotopic (exact) mass is 294 g/mol. The Kier molecular flexibility index (Phi) is 4.20. The summed E-state index contributed by atoms with van der Waals surface area (Å²) in [5.74, 6) is 0.864. The van der Waals surface area contributed by atoms with Crippen molar-refractivity contribution in [2.75, 3.05) is 26.2 Å². The van der Waals surface area contributed by atoms with Gasteiger partial charge in [0, 0.05) is 38.0 Å². The summed E-state index contributed by atoms with van der Waals surface area (Å²) < 4.78 is 0. The molecule has 0 bridgehead atoms. The van der Waals surface area contributed by atoms with Crippen LogP contribution in [0.4, 0.5) is 0 Å². The van der Waals surface area contributed by atoms with Crippen molar-refractivity contribution in [1.82, 2.24) is 9.80 Å².